The number of rotatable bonds is 11. The summed E-state index contributed by atoms with van der Waals surface area (Å²) in [5.74, 6) is 1.18. The van der Waals surface area contributed by atoms with Gasteiger partial charge in [-0.05, 0) is 29.4 Å². The molecule has 0 spiro atoms. The molecule has 0 saturated carbocycles. The minimum Gasteiger partial charge on any atom is -0.378 e. The summed E-state index contributed by atoms with van der Waals surface area (Å²) in [4.78, 5) is 28.0. The van der Waals surface area contributed by atoms with Crippen molar-refractivity contribution in [2.75, 3.05) is 63.6 Å². The van der Waals surface area contributed by atoms with E-state index in [9.17, 15) is 13.2 Å². The van der Waals surface area contributed by atoms with Gasteiger partial charge in [-0.25, -0.2) is 23.9 Å². The summed E-state index contributed by atoms with van der Waals surface area (Å²) < 4.78 is 34.2. The van der Waals surface area contributed by atoms with Crippen LogP contribution >= 0.6 is 11.3 Å². The average Bonchev–Trinajstić information content (AvgIpc) is 3.62. The molecule has 260 valence electrons. The normalized spacial score (nSPS) is 17.4. The minimum atomic E-state index is -3.18. The number of morpholine rings is 1. The van der Waals surface area contributed by atoms with Crippen LogP contribution in [0.3, 0.4) is 0 Å². The van der Waals surface area contributed by atoms with Crippen molar-refractivity contribution in [2.45, 2.75) is 53.6 Å². The molecule has 0 bridgehead atoms. The van der Waals surface area contributed by atoms with E-state index in [1.54, 1.807) is 21.1 Å². The zero-order valence-electron chi connectivity index (χ0n) is 28.4. The summed E-state index contributed by atoms with van der Waals surface area (Å²) >= 11 is 1.71. The van der Waals surface area contributed by atoms with Crippen LogP contribution in [0.4, 0.5) is 5.82 Å². The highest BCUT2D eigenvalue weighted by Gasteiger charge is 2.32. The van der Waals surface area contributed by atoms with E-state index in [2.05, 4.69) is 42.0 Å². The molecule has 0 atom stereocenters. The van der Waals surface area contributed by atoms with Crippen LogP contribution in [0, 0.1) is 10.8 Å². The molecule has 0 aliphatic carbocycles. The van der Waals surface area contributed by atoms with E-state index < -0.39 is 10.0 Å². The summed E-state index contributed by atoms with van der Waals surface area (Å²) in [6.07, 6.45) is 4.33. The van der Waals surface area contributed by atoms with Gasteiger partial charge in [-0.3, -0.25) is 19.6 Å². The molecule has 1 aromatic carbocycles. The molecule has 2 aliphatic rings. The van der Waals surface area contributed by atoms with Gasteiger partial charge in [0.2, 0.25) is 15.9 Å². The van der Waals surface area contributed by atoms with E-state index in [1.807, 2.05) is 30.7 Å². The predicted octanol–water partition coefficient (Wildman–Crippen LogP) is 3.96. The van der Waals surface area contributed by atoms with Gasteiger partial charge in [-0.2, -0.15) is 9.40 Å². The van der Waals surface area contributed by atoms with E-state index in [0.717, 1.165) is 58.6 Å². The standard InChI is InChI=1S/C33H46N8O5S2/c1-32(2,18-28(42)37-43)21-33(3,4)22-40-20-25-24(7-6-8-26(25)36-40)30-34-27-17-23(19-38-9-11-41(12-10-38)48(5,44)45)47-29(27)31(35-30)39-13-15-46-16-14-39/h6-8,17,20,43H,9-16,18-19,21-22H2,1-5H3,(H,37,42). The van der Waals surface area contributed by atoms with Gasteiger partial charge in [0, 0.05) is 80.8 Å². The number of sulfonamides is 1. The Kier molecular flexibility index (Phi) is 9.81. The van der Waals surface area contributed by atoms with Crippen LogP contribution in [-0.2, 0) is 32.6 Å². The number of piperazine rings is 1. The third-order valence-corrected chi connectivity index (χ3v) is 11.5. The van der Waals surface area contributed by atoms with Crippen LogP contribution in [0.1, 0.15) is 45.4 Å². The number of nitrogens with zero attached hydrogens (tertiary/aromatic N) is 7. The van der Waals surface area contributed by atoms with E-state index in [-0.39, 0.29) is 23.2 Å². The van der Waals surface area contributed by atoms with E-state index in [4.69, 9.17) is 25.0 Å². The van der Waals surface area contributed by atoms with Gasteiger partial charge in [-0.1, -0.05) is 39.8 Å². The second kappa shape index (κ2) is 13.6. The van der Waals surface area contributed by atoms with Crippen molar-refractivity contribution >= 4 is 54.2 Å². The molecule has 2 saturated heterocycles. The fourth-order valence-electron chi connectivity index (χ4n) is 7.29. The number of carbonyl (C=O) groups is 1. The highest BCUT2D eigenvalue weighted by molar-refractivity contribution is 7.88. The van der Waals surface area contributed by atoms with Crippen LogP contribution in [0.5, 0.6) is 0 Å². The molecule has 15 heteroatoms. The quantitative estimate of drug-likeness (QED) is 0.174. The van der Waals surface area contributed by atoms with Crippen molar-refractivity contribution in [1.82, 2.24) is 34.4 Å². The zero-order chi connectivity index (χ0) is 34.3. The first kappa shape index (κ1) is 34.6. The van der Waals surface area contributed by atoms with E-state index in [1.165, 1.54) is 11.1 Å². The second-order valence-corrected chi connectivity index (χ2v) is 17.7. The molecule has 3 aromatic heterocycles. The lowest BCUT2D eigenvalue weighted by Crippen LogP contribution is -2.47. The molecule has 13 nitrogen and oxygen atoms in total. The van der Waals surface area contributed by atoms with Gasteiger partial charge in [0.15, 0.2) is 11.6 Å². The number of anilines is 1. The van der Waals surface area contributed by atoms with Gasteiger partial charge >= 0.3 is 0 Å². The number of carbonyl (C=O) groups excluding carboxylic acids is 1. The van der Waals surface area contributed by atoms with Crippen molar-refractivity contribution in [1.29, 1.82) is 0 Å². The van der Waals surface area contributed by atoms with E-state index >= 15 is 0 Å². The Bertz CT molecular complexity index is 1890. The monoisotopic (exact) mass is 698 g/mol. The molecule has 6 rings (SSSR count). The molecule has 2 aliphatic heterocycles. The Morgan fingerprint density at radius 3 is 2.44 bits per heavy atom. The first-order valence-electron chi connectivity index (χ1n) is 16.4. The Balaban J connectivity index is 1.30. The highest BCUT2D eigenvalue weighted by Crippen LogP contribution is 2.39. The van der Waals surface area contributed by atoms with Gasteiger partial charge < -0.3 is 9.64 Å². The Hall–Kier alpha value is -3.21. The minimum absolute atomic E-state index is 0.176. The lowest BCUT2D eigenvalue weighted by atomic mass is 9.73. The number of aromatic nitrogens is 4. The lowest BCUT2D eigenvalue weighted by Gasteiger charge is -2.34. The van der Waals surface area contributed by atoms with Gasteiger partial charge in [0.1, 0.15) is 0 Å². The second-order valence-electron chi connectivity index (χ2n) is 14.6. The number of benzene rings is 1. The molecule has 2 fully saturated rings. The maximum absolute atomic E-state index is 12.0. The summed E-state index contributed by atoms with van der Waals surface area (Å²) in [6, 6.07) is 8.21. The first-order chi connectivity index (χ1) is 22.7. The van der Waals surface area contributed by atoms with Crippen molar-refractivity contribution < 1.29 is 23.2 Å². The molecule has 0 unspecified atom stereocenters. The highest BCUT2D eigenvalue weighted by atomic mass is 32.2. The van der Waals surface area contributed by atoms with Crippen molar-refractivity contribution in [3.63, 3.8) is 0 Å². The molecule has 4 aromatic rings. The SMILES string of the molecule is CC(C)(CC(=O)NO)CC(C)(C)Cn1cc2c(-c3nc(N4CCOCC4)c4sc(CN5CCN(S(C)(=O)=O)CC5)cc4n3)cccc2n1. The number of hydrogen-bond donors (Lipinski definition) is 2. The average molecular weight is 699 g/mol. The van der Waals surface area contributed by atoms with Gasteiger partial charge in [-0.15, -0.1) is 11.3 Å². The molecule has 0 radical (unpaired) electrons. The van der Waals surface area contributed by atoms with Crippen LogP contribution in [0.25, 0.3) is 32.5 Å². The van der Waals surface area contributed by atoms with Crippen molar-refractivity contribution in [3.8, 4) is 11.4 Å². The van der Waals surface area contributed by atoms with Crippen molar-refractivity contribution in [2.24, 2.45) is 10.8 Å². The lowest BCUT2D eigenvalue weighted by molar-refractivity contribution is -0.131. The molecule has 1 amide bonds. The van der Waals surface area contributed by atoms with Crippen LogP contribution < -0.4 is 10.4 Å². The third kappa shape index (κ3) is 7.98. The smallest absolute Gasteiger partial charge is 0.243 e. The molecular formula is C33H46N8O5S2. The molecule has 5 heterocycles. The maximum atomic E-state index is 12.0. The maximum Gasteiger partial charge on any atom is 0.243 e. The van der Waals surface area contributed by atoms with Crippen LogP contribution in [-0.4, -0.2) is 107 Å². The number of fused-ring (bicyclic) bond motifs is 2. The number of thiophene rings is 1. The number of hydroxylamine groups is 1. The Morgan fingerprint density at radius 2 is 1.75 bits per heavy atom. The summed E-state index contributed by atoms with van der Waals surface area (Å²) in [6.45, 7) is 15.0. The Morgan fingerprint density at radius 1 is 1.02 bits per heavy atom. The number of nitrogens with one attached hydrogen (secondary N) is 1. The fourth-order valence-corrected chi connectivity index (χ4v) is 9.27. The fraction of sp³-hybridized carbons (Fsp3) is 0.576. The van der Waals surface area contributed by atoms with Crippen LogP contribution in [0.2, 0.25) is 0 Å². The largest absolute Gasteiger partial charge is 0.378 e. The summed E-state index contributed by atoms with van der Waals surface area (Å²) in [5.41, 5.74) is 3.95. The first-order valence-corrected chi connectivity index (χ1v) is 19.1. The number of ether oxygens (including phenoxy) is 1. The topological polar surface area (TPSA) is 146 Å². The van der Waals surface area contributed by atoms with Crippen molar-refractivity contribution in [3.05, 3.63) is 35.3 Å². The summed E-state index contributed by atoms with van der Waals surface area (Å²) in [7, 11) is -3.18. The zero-order valence-corrected chi connectivity index (χ0v) is 30.0. The summed E-state index contributed by atoms with van der Waals surface area (Å²) in [5, 5.41) is 14.9. The third-order valence-electron chi connectivity index (χ3n) is 9.04. The number of amides is 1. The number of hydrogen-bond acceptors (Lipinski definition) is 11. The van der Waals surface area contributed by atoms with E-state index in [0.29, 0.717) is 51.8 Å². The predicted molar refractivity (Wildman–Crippen MR) is 188 cm³/mol. The molecule has 48 heavy (non-hydrogen) atoms. The van der Waals surface area contributed by atoms with Gasteiger partial charge in [0.25, 0.3) is 0 Å². The van der Waals surface area contributed by atoms with Crippen LogP contribution in [0.15, 0.2) is 30.5 Å². The van der Waals surface area contributed by atoms with Gasteiger partial charge in [0.05, 0.1) is 35.2 Å². The Labute approximate surface area is 285 Å². The molecular weight excluding hydrogens is 653 g/mol. The molecule has 2 N–H and O–H groups in total.